The molecular formula is C15H19NO3. The number of aliphatic carboxylic acids is 1. The zero-order chi connectivity index (χ0) is 13.8. The molecule has 1 N–H and O–H groups in total. The molecule has 0 aromatic heterocycles. The first-order valence-corrected chi connectivity index (χ1v) is 6.65. The van der Waals surface area contributed by atoms with Crippen molar-refractivity contribution >= 4 is 11.9 Å². The van der Waals surface area contributed by atoms with Crippen molar-refractivity contribution in [1.82, 2.24) is 4.90 Å². The Morgan fingerprint density at radius 1 is 1.42 bits per heavy atom. The molecule has 1 fully saturated rings. The van der Waals surface area contributed by atoms with Crippen molar-refractivity contribution in [2.24, 2.45) is 0 Å². The summed E-state index contributed by atoms with van der Waals surface area (Å²) in [7, 11) is 0. The molecule has 1 heterocycles. The second-order valence-corrected chi connectivity index (χ2v) is 5.12. The van der Waals surface area contributed by atoms with Gasteiger partial charge >= 0.3 is 5.97 Å². The summed E-state index contributed by atoms with van der Waals surface area (Å²) in [5, 5.41) is 8.69. The fourth-order valence-corrected chi connectivity index (χ4v) is 2.45. The molecule has 4 nitrogen and oxygen atoms in total. The molecule has 1 aliphatic rings. The van der Waals surface area contributed by atoms with Crippen LogP contribution >= 0.6 is 0 Å². The van der Waals surface area contributed by atoms with Crippen LogP contribution in [0.4, 0.5) is 0 Å². The molecule has 102 valence electrons. The molecule has 0 saturated carbocycles. The number of carboxylic acids is 1. The van der Waals surface area contributed by atoms with Gasteiger partial charge < -0.3 is 10.0 Å². The van der Waals surface area contributed by atoms with Gasteiger partial charge in [0.15, 0.2) is 0 Å². The van der Waals surface area contributed by atoms with Crippen molar-refractivity contribution in [2.45, 2.75) is 45.2 Å². The lowest BCUT2D eigenvalue weighted by molar-refractivity contribution is -0.137. The van der Waals surface area contributed by atoms with E-state index in [1.807, 2.05) is 29.2 Å². The molecule has 0 bridgehead atoms. The first kappa shape index (κ1) is 13.6. The van der Waals surface area contributed by atoms with E-state index in [1.54, 1.807) is 0 Å². The molecule has 0 aliphatic carbocycles. The smallest absolute Gasteiger partial charge is 0.303 e. The highest BCUT2D eigenvalue weighted by Gasteiger charge is 2.27. The fourth-order valence-electron chi connectivity index (χ4n) is 2.45. The van der Waals surface area contributed by atoms with E-state index in [-0.39, 0.29) is 12.3 Å². The van der Waals surface area contributed by atoms with Crippen molar-refractivity contribution < 1.29 is 14.7 Å². The van der Waals surface area contributed by atoms with E-state index in [0.29, 0.717) is 25.4 Å². The summed E-state index contributed by atoms with van der Waals surface area (Å²) in [4.78, 5) is 24.2. The zero-order valence-electron chi connectivity index (χ0n) is 11.1. The van der Waals surface area contributed by atoms with Crippen LogP contribution in [0.15, 0.2) is 24.3 Å². The molecule has 2 rings (SSSR count). The van der Waals surface area contributed by atoms with Crippen LogP contribution in [0.25, 0.3) is 0 Å². The van der Waals surface area contributed by atoms with Crippen LogP contribution in [-0.4, -0.2) is 27.9 Å². The topological polar surface area (TPSA) is 57.6 Å². The lowest BCUT2D eigenvalue weighted by atomic mass is 10.1. The van der Waals surface area contributed by atoms with Gasteiger partial charge in [-0.1, -0.05) is 24.3 Å². The summed E-state index contributed by atoms with van der Waals surface area (Å²) in [6.45, 7) is 2.69. The molecule has 1 amide bonds. The fraction of sp³-hybridized carbons (Fsp3) is 0.467. The summed E-state index contributed by atoms with van der Waals surface area (Å²) in [5.74, 6) is -0.572. The minimum absolute atomic E-state index is 0.141. The number of hydrogen-bond donors (Lipinski definition) is 1. The number of carbonyl (C=O) groups excluding carboxylic acids is 1. The van der Waals surface area contributed by atoms with E-state index in [0.717, 1.165) is 17.5 Å². The van der Waals surface area contributed by atoms with E-state index in [1.165, 1.54) is 0 Å². The standard InChI is InChI=1S/C15H19NO3/c1-11-5-7-14(17)16(11)10-13-4-2-3-12(9-13)6-8-15(18)19/h2-4,9,11H,5-8,10H2,1H3,(H,18,19). The van der Waals surface area contributed by atoms with Crippen molar-refractivity contribution in [1.29, 1.82) is 0 Å². The molecule has 4 heteroatoms. The maximum Gasteiger partial charge on any atom is 0.303 e. The van der Waals surface area contributed by atoms with E-state index >= 15 is 0 Å². The lowest BCUT2D eigenvalue weighted by Gasteiger charge is -2.21. The van der Waals surface area contributed by atoms with Gasteiger partial charge in [-0.2, -0.15) is 0 Å². The van der Waals surface area contributed by atoms with Crippen LogP contribution in [0.2, 0.25) is 0 Å². The van der Waals surface area contributed by atoms with Crippen LogP contribution in [-0.2, 0) is 22.6 Å². The van der Waals surface area contributed by atoms with Crippen molar-refractivity contribution in [3.8, 4) is 0 Å². The molecule has 19 heavy (non-hydrogen) atoms. The van der Waals surface area contributed by atoms with Gasteiger partial charge in [-0.3, -0.25) is 9.59 Å². The molecule has 1 aliphatic heterocycles. The Kier molecular flexibility index (Phi) is 4.20. The summed E-state index contributed by atoms with van der Waals surface area (Å²) in [5.41, 5.74) is 2.09. The van der Waals surface area contributed by atoms with Crippen molar-refractivity contribution in [2.75, 3.05) is 0 Å². The Bertz CT molecular complexity index is 484. The Morgan fingerprint density at radius 3 is 2.79 bits per heavy atom. The van der Waals surface area contributed by atoms with Crippen LogP contribution in [0.5, 0.6) is 0 Å². The molecule has 1 aromatic carbocycles. The van der Waals surface area contributed by atoms with Gasteiger partial charge in [-0.05, 0) is 30.9 Å². The van der Waals surface area contributed by atoms with Crippen molar-refractivity contribution in [3.63, 3.8) is 0 Å². The highest BCUT2D eigenvalue weighted by Crippen LogP contribution is 2.21. The average Bonchev–Trinajstić information content (AvgIpc) is 2.69. The van der Waals surface area contributed by atoms with Crippen LogP contribution in [0.3, 0.4) is 0 Å². The number of carbonyl (C=O) groups is 2. The third kappa shape index (κ3) is 3.56. The Hall–Kier alpha value is -1.84. The predicted molar refractivity (Wildman–Crippen MR) is 71.6 cm³/mol. The predicted octanol–water partition coefficient (Wildman–Crippen LogP) is 2.21. The molecule has 1 aromatic rings. The van der Waals surface area contributed by atoms with Crippen molar-refractivity contribution in [3.05, 3.63) is 35.4 Å². The zero-order valence-corrected chi connectivity index (χ0v) is 11.1. The SMILES string of the molecule is CC1CCC(=O)N1Cc1cccc(CCC(=O)O)c1. The Balaban J connectivity index is 2.02. The minimum Gasteiger partial charge on any atom is -0.481 e. The normalized spacial score (nSPS) is 18.9. The summed E-state index contributed by atoms with van der Waals surface area (Å²) < 4.78 is 0. The first-order chi connectivity index (χ1) is 9.06. The summed E-state index contributed by atoms with van der Waals surface area (Å²) in [6.07, 6.45) is 2.24. The lowest BCUT2D eigenvalue weighted by Crippen LogP contribution is -2.30. The average molecular weight is 261 g/mol. The molecule has 1 unspecified atom stereocenters. The Labute approximate surface area is 113 Å². The number of rotatable bonds is 5. The number of aryl methyl sites for hydroxylation is 1. The molecule has 1 saturated heterocycles. The molecule has 1 atom stereocenters. The summed E-state index contributed by atoms with van der Waals surface area (Å²) in [6, 6.07) is 8.15. The quantitative estimate of drug-likeness (QED) is 0.884. The molecular weight excluding hydrogens is 242 g/mol. The number of benzene rings is 1. The highest BCUT2D eigenvalue weighted by molar-refractivity contribution is 5.78. The van der Waals surface area contributed by atoms with Crippen LogP contribution < -0.4 is 0 Å². The third-order valence-electron chi connectivity index (χ3n) is 3.60. The van der Waals surface area contributed by atoms with E-state index in [9.17, 15) is 9.59 Å². The number of carboxylic acid groups (broad SMARTS) is 1. The van der Waals surface area contributed by atoms with Gasteiger partial charge in [0.25, 0.3) is 0 Å². The number of hydrogen-bond acceptors (Lipinski definition) is 2. The maximum absolute atomic E-state index is 11.7. The second-order valence-electron chi connectivity index (χ2n) is 5.12. The van der Waals surface area contributed by atoms with Gasteiger partial charge in [0.2, 0.25) is 5.91 Å². The van der Waals surface area contributed by atoms with Gasteiger partial charge in [0, 0.05) is 25.4 Å². The van der Waals surface area contributed by atoms with E-state index in [2.05, 4.69) is 6.92 Å². The van der Waals surface area contributed by atoms with Crippen LogP contribution in [0.1, 0.15) is 37.3 Å². The summed E-state index contributed by atoms with van der Waals surface area (Å²) >= 11 is 0. The van der Waals surface area contributed by atoms with Gasteiger partial charge in [-0.25, -0.2) is 0 Å². The third-order valence-corrected chi connectivity index (χ3v) is 3.60. The number of amides is 1. The van der Waals surface area contributed by atoms with Gasteiger partial charge in [0.05, 0.1) is 0 Å². The highest BCUT2D eigenvalue weighted by atomic mass is 16.4. The monoisotopic (exact) mass is 261 g/mol. The number of likely N-dealkylation sites (tertiary alicyclic amines) is 1. The van der Waals surface area contributed by atoms with Gasteiger partial charge in [-0.15, -0.1) is 0 Å². The van der Waals surface area contributed by atoms with Crippen LogP contribution in [0, 0.1) is 0 Å². The molecule has 0 radical (unpaired) electrons. The number of nitrogens with zero attached hydrogens (tertiary/aromatic N) is 1. The molecule has 0 spiro atoms. The Morgan fingerprint density at radius 2 is 2.16 bits per heavy atom. The minimum atomic E-state index is -0.784. The first-order valence-electron chi connectivity index (χ1n) is 6.65. The second kappa shape index (κ2) is 5.87. The largest absolute Gasteiger partial charge is 0.481 e. The van der Waals surface area contributed by atoms with E-state index in [4.69, 9.17) is 5.11 Å². The maximum atomic E-state index is 11.7. The van der Waals surface area contributed by atoms with Gasteiger partial charge in [0.1, 0.15) is 0 Å². The van der Waals surface area contributed by atoms with E-state index < -0.39 is 5.97 Å².